The van der Waals surface area contributed by atoms with Crippen LogP contribution in [-0.2, 0) is 12.8 Å². The Morgan fingerprint density at radius 3 is 2.24 bits per heavy atom. The van der Waals surface area contributed by atoms with E-state index < -0.39 is 0 Å². The summed E-state index contributed by atoms with van der Waals surface area (Å²) in [5, 5.41) is 8.92. The van der Waals surface area contributed by atoms with E-state index in [1.807, 2.05) is 17.4 Å². The molecule has 2 aliphatic carbocycles. The van der Waals surface area contributed by atoms with E-state index in [4.69, 9.17) is 9.98 Å². The Morgan fingerprint density at radius 1 is 0.655 bits per heavy atom. The van der Waals surface area contributed by atoms with Crippen LogP contribution >= 0.6 is 11.3 Å². The molecule has 7 aromatic carbocycles. The summed E-state index contributed by atoms with van der Waals surface area (Å²) in [6.45, 7) is 0. The van der Waals surface area contributed by atoms with Gasteiger partial charge in [0.1, 0.15) is 12.0 Å². The number of hydrogen-bond acceptors (Lipinski definition) is 4. The smallest absolute Gasteiger partial charge is 0.159 e. The number of amidine groups is 2. The summed E-state index contributed by atoms with van der Waals surface area (Å²) in [4.78, 5) is 11.8. The molecule has 0 spiro atoms. The summed E-state index contributed by atoms with van der Waals surface area (Å²) in [6, 6.07) is 59.5. The fourth-order valence-electron chi connectivity index (χ4n) is 9.53. The Hall–Kier alpha value is -6.82. The summed E-state index contributed by atoms with van der Waals surface area (Å²) in [5.74, 6) is 1.82. The van der Waals surface area contributed by atoms with Crippen LogP contribution in [0.3, 0.4) is 0 Å². The molecule has 0 saturated heterocycles. The van der Waals surface area contributed by atoms with Crippen molar-refractivity contribution in [3.8, 4) is 16.8 Å². The van der Waals surface area contributed by atoms with Crippen molar-refractivity contribution in [2.24, 2.45) is 9.98 Å². The van der Waals surface area contributed by atoms with Gasteiger partial charge in [0.25, 0.3) is 0 Å². The number of benzene rings is 7. The van der Waals surface area contributed by atoms with E-state index in [0.29, 0.717) is 0 Å². The third-order valence-corrected chi connectivity index (χ3v) is 13.6. The number of nitrogens with one attached hydrogen (secondary N) is 1. The van der Waals surface area contributed by atoms with E-state index in [9.17, 15) is 0 Å². The molecule has 0 bridgehead atoms. The molecule has 4 nitrogen and oxygen atoms in total. The van der Waals surface area contributed by atoms with Gasteiger partial charge in [0.15, 0.2) is 5.84 Å². The molecule has 0 saturated carbocycles. The Balaban J connectivity index is 0.985. The summed E-state index contributed by atoms with van der Waals surface area (Å²) >= 11 is 1.93. The monoisotopic (exact) mass is 762 g/mol. The molecule has 276 valence electrons. The second kappa shape index (κ2) is 13.4. The van der Waals surface area contributed by atoms with Crippen LogP contribution < -0.4 is 5.32 Å². The van der Waals surface area contributed by atoms with Crippen LogP contribution in [0.4, 0.5) is 0 Å². The molecule has 2 unspecified atom stereocenters. The lowest BCUT2D eigenvalue weighted by Crippen LogP contribution is -2.33. The molecule has 0 amide bonds. The minimum absolute atomic E-state index is 0.228. The molecule has 3 aliphatic rings. The average molecular weight is 763 g/mol. The Morgan fingerprint density at radius 2 is 1.40 bits per heavy atom. The largest absolute Gasteiger partial charge is 0.344 e. The van der Waals surface area contributed by atoms with Crippen LogP contribution in [0.5, 0.6) is 0 Å². The van der Waals surface area contributed by atoms with E-state index in [2.05, 4.69) is 180 Å². The van der Waals surface area contributed by atoms with E-state index in [-0.39, 0.29) is 12.1 Å². The van der Waals surface area contributed by atoms with Gasteiger partial charge in [0.2, 0.25) is 0 Å². The molecule has 2 aromatic heterocycles. The maximum atomic E-state index is 5.23. The van der Waals surface area contributed by atoms with Crippen molar-refractivity contribution in [3.05, 3.63) is 214 Å². The van der Waals surface area contributed by atoms with Crippen molar-refractivity contribution in [2.45, 2.75) is 31.3 Å². The molecule has 12 rings (SSSR count). The van der Waals surface area contributed by atoms with Gasteiger partial charge >= 0.3 is 0 Å². The van der Waals surface area contributed by atoms with Crippen LogP contribution in [0.1, 0.15) is 62.5 Å². The van der Waals surface area contributed by atoms with Gasteiger partial charge in [-0.2, -0.15) is 0 Å². The third kappa shape index (κ3) is 5.34. The molecular formula is C53H38N4S. The Labute approximate surface area is 341 Å². The number of thiophene rings is 1. The lowest BCUT2D eigenvalue weighted by Gasteiger charge is -2.26. The van der Waals surface area contributed by atoms with Gasteiger partial charge in [0.05, 0.1) is 5.52 Å². The van der Waals surface area contributed by atoms with Crippen LogP contribution in [0, 0.1) is 0 Å². The first-order chi connectivity index (χ1) is 28.7. The van der Waals surface area contributed by atoms with E-state index in [0.717, 1.165) is 47.6 Å². The zero-order chi connectivity index (χ0) is 38.2. The van der Waals surface area contributed by atoms with Crippen molar-refractivity contribution in [3.63, 3.8) is 0 Å². The molecule has 1 N–H and O–H groups in total. The van der Waals surface area contributed by atoms with Gasteiger partial charge < -0.3 is 9.88 Å². The first-order valence-electron chi connectivity index (χ1n) is 20.3. The molecule has 9 aromatic rings. The number of aromatic nitrogens is 1. The zero-order valence-corrected chi connectivity index (χ0v) is 32.6. The standard InChI is InChI=1S/C53H38N4S/c1-3-14-34(15-4-1)51-54-52(35-16-5-2-6-17-35)56-53(55-51)43-24-13-23-42-48-40-21-10-9-20-38(40)31-44(50(48)58-49(42)43)33-26-28-39(29-27-33)57-46-25-12-11-22-41(46)45-30-36-18-7-8-19-37(36)32-47(45)57/h1-11,13-24,26-30,32,44,51H,12,25,31H2,(H,54,55,56). The zero-order valence-electron chi connectivity index (χ0n) is 31.8. The molecular weight excluding hydrogens is 725 g/mol. The summed E-state index contributed by atoms with van der Waals surface area (Å²) in [6.07, 6.45) is 7.48. The van der Waals surface area contributed by atoms with Gasteiger partial charge in [-0.25, -0.2) is 9.98 Å². The minimum Gasteiger partial charge on any atom is -0.344 e. The van der Waals surface area contributed by atoms with Gasteiger partial charge in [-0.3, -0.25) is 0 Å². The maximum absolute atomic E-state index is 5.23. The quantitative estimate of drug-likeness (QED) is 0.186. The topological polar surface area (TPSA) is 41.7 Å². The van der Waals surface area contributed by atoms with Gasteiger partial charge in [-0.05, 0) is 82.6 Å². The van der Waals surface area contributed by atoms with Crippen molar-refractivity contribution >= 4 is 60.8 Å². The lowest BCUT2D eigenvalue weighted by molar-refractivity contribution is 0.674. The number of rotatable bonds is 5. The highest BCUT2D eigenvalue weighted by Crippen LogP contribution is 2.51. The van der Waals surface area contributed by atoms with Crippen molar-refractivity contribution in [1.29, 1.82) is 0 Å². The van der Waals surface area contributed by atoms with E-state index in [1.165, 1.54) is 75.8 Å². The molecule has 5 heteroatoms. The Kier molecular flexibility index (Phi) is 7.70. The highest BCUT2D eigenvalue weighted by Gasteiger charge is 2.32. The predicted octanol–water partition coefficient (Wildman–Crippen LogP) is 12.8. The van der Waals surface area contributed by atoms with Gasteiger partial charge in [-0.1, -0.05) is 146 Å². The number of aliphatic imine (C=N–C) groups is 2. The van der Waals surface area contributed by atoms with Crippen molar-refractivity contribution in [1.82, 2.24) is 9.88 Å². The first-order valence-corrected chi connectivity index (χ1v) is 21.1. The summed E-state index contributed by atoms with van der Waals surface area (Å²) in [5.41, 5.74) is 13.9. The molecule has 0 radical (unpaired) electrons. The summed E-state index contributed by atoms with van der Waals surface area (Å²) < 4.78 is 3.77. The first kappa shape index (κ1) is 33.3. The fraction of sp³-hybridized carbons (Fsp3) is 0.0943. The number of fused-ring (bicyclic) bond motifs is 9. The predicted molar refractivity (Wildman–Crippen MR) is 243 cm³/mol. The van der Waals surface area contributed by atoms with Gasteiger partial charge in [-0.15, -0.1) is 11.3 Å². The van der Waals surface area contributed by atoms with Crippen LogP contribution in [0.15, 0.2) is 180 Å². The summed E-state index contributed by atoms with van der Waals surface area (Å²) in [7, 11) is 0. The van der Waals surface area contributed by atoms with Crippen LogP contribution in [0.25, 0.3) is 54.7 Å². The normalized spacial score (nSPS) is 17.0. The number of allylic oxidation sites excluding steroid dienone is 1. The SMILES string of the molecule is C1=Cc2c(n(-c3ccc(C4Cc5ccccc5-c5c4sc4c(C6=NC(c7ccccc7)=NC(c7ccccc7)N6)cccc54)cc3)c3cc4ccccc4cc23)CC1. The molecule has 58 heavy (non-hydrogen) atoms. The molecule has 0 fully saturated rings. The fourth-order valence-corrected chi connectivity index (χ4v) is 11.0. The maximum Gasteiger partial charge on any atom is 0.159 e. The number of hydrogen-bond donors (Lipinski definition) is 1. The van der Waals surface area contributed by atoms with Gasteiger partial charge in [0, 0.05) is 59.9 Å². The highest BCUT2D eigenvalue weighted by molar-refractivity contribution is 7.20. The molecule has 2 atom stereocenters. The van der Waals surface area contributed by atoms with Crippen molar-refractivity contribution in [2.75, 3.05) is 0 Å². The second-order valence-electron chi connectivity index (χ2n) is 15.6. The second-order valence-corrected chi connectivity index (χ2v) is 16.7. The lowest BCUT2D eigenvalue weighted by atomic mass is 9.79. The average Bonchev–Trinajstić information content (AvgIpc) is 3.85. The third-order valence-electron chi connectivity index (χ3n) is 12.3. The van der Waals surface area contributed by atoms with Crippen molar-refractivity contribution < 1.29 is 0 Å². The van der Waals surface area contributed by atoms with Crippen LogP contribution in [0.2, 0.25) is 0 Å². The highest BCUT2D eigenvalue weighted by atomic mass is 32.1. The minimum atomic E-state index is -0.251. The molecule has 1 aliphatic heterocycles. The van der Waals surface area contributed by atoms with Crippen LogP contribution in [-0.4, -0.2) is 16.2 Å². The molecule has 3 heterocycles. The Bertz CT molecular complexity index is 3170. The van der Waals surface area contributed by atoms with E-state index >= 15 is 0 Å². The number of nitrogens with zero attached hydrogens (tertiary/aromatic N) is 3. The van der Waals surface area contributed by atoms with E-state index in [1.54, 1.807) is 0 Å².